The van der Waals surface area contributed by atoms with Gasteiger partial charge in [0.1, 0.15) is 22.2 Å². The van der Waals surface area contributed by atoms with E-state index in [0.717, 1.165) is 6.07 Å². The molecule has 0 saturated carbocycles. The third kappa shape index (κ3) is 5.69. The highest BCUT2D eigenvalue weighted by Crippen LogP contribution is 2.42. The number of aliphatic carboxylic acids is 1. The molecule has 0 amide bonds. The number of alkyl halides is 3. The Bertz CT molecular complexity index is 1110. The van der Waals surface area contributed by atoms with Gasteiger partial charge in [0.25, 0.3) is 0 Å². The molecule has 2 N–H and O–H groups in total. The first kappa shape index (κ1) is 28.0. The summed E-state index contributed by atoms with van der Waals surface area (Å²) < 4.78 is 100. The first-order valence-electron chi connectivity index (χ1n) is 10.1. The number of halogens is 6. The molecule has 2 aromatic carbocycles. The minimum absolute atomic E-state index is 0.0634. The Morgan fingerprint density at radius 3 is 2.09 bits per heavy atom. The summed E-state index contributed by atoms with van der Waals surface area (Å²) in [5, 5.41) is 9.27. The van der Waals surface area contributed by atoms with Crippen molar-refractivity contribution in [1.82, 2.24) is 4.72 Å². The van der Waals surface area contributed by atoms with Gasteiger partial charge in [0.05, 0.1) is 18.0 Å². The summed E-state index contributed by atoms with van der Waals surface area (Å²) in [7, 11) is 0. The molecule has 0 radical (unpaired) electrons. The van der Waals surface area contributed by atoms with Crippen LogP contribution in [0, 0.1) is 38.2 Å². The molecule has 2 rings (SSSR count). The molecule has 11 heteroatoms. The van der Waals surface area contributed by atoms with Crippen molar-refractivity contribution >= 4 is 17.3 Å². The van der Waals surface area contributed by atoms with Crippen molar-refractivity contribution in [3.63, 3.8) is 0 Å². The summed E-state index contributed by atoms with van der Waals surface area (Å²) >= 11 is -2.07. The summed E-state index contributed by atoms with van der Waals surface area (Å²) in [6, 6.07) is -0.574. The molecule has 34 heavy (non-hydrogen) atoms. The zero-order valence-corrected chi connectivity index (χ0v) is 20.2. The van der Waals surface area contributed by atoms with Gasteiger partial charge in [-0.1, -0.05) is 0 Å². The number of carboxylic acids is 1. The van der Waals surface area contributed by atoms with Crippen LogP contribution in [-0.4, -0.2) is 20.4 Å². The minimum Gasteiger partial charge on any atom is -0.598 e. The molecule has 2 atom stereocenters. The lowest BCUT2D eigenvalue weighted by Crippen LogP contribution is -2.42. The first-order chi connectivity index (χ1) is 15.4. The predicted octanol–water partition coefficient (Wildman–Crippen LogP) is 6.28. The third-order valence-corrected chi connectivity index (χ3v) is 6.99. The van der Waals surface area contributed by atoms with Gasteiger partial charge < -0.3 is 9.66 Å². The fourth-order valence-electron chi connectivity index (χ4n) is 3.48. The number of hydrogen-bond acceptors (Lipinski definition) is 3. The van der Waals surface area contributed by atoms with E-state index in [1.165, 1.54) is 41.5 Å². The normalized spacial score (nSPS) is 14.3. The van der Waals surface area contributed by atoms with E-state index in [-0.39, 0.29) is 22.3 Å². The van der Waals surface area contributed by atoms with Gasteiger partial charge in [-0.05, 0) is 75.9 Å². The molecule has 0 saturated heterocycles. The molecule has 0 spiro atoms. The molecule has 0 aliphatic rings. The van der Waals surface area contributed by atoms with Gasteiger partial charge in [-0.15, -0.1) is 4.72 Å². The standard InChI is InChI=1S/C23H25F6NO3S/c1-10-7-15(24)11(2)12(3)18(10)13-8-14(23(27,28)29)21(26)19(20(13)25)16(9-17(31)32)30-34(33)22(4,5)6/h7-8,16,30H,9H2,1-6H3,(H,31,32)/t16-,34+/m0/s1. The average Bonchev–Trinajstić information content (AvgIpc) is 2.65. The summed E-state index contributed by atoms with van der Waals surface area (Å²) in [5.74, 6) is -5.69. The maximum Gasteiger partial charge on any atom is 0.419 e. The topological polar surface area (TPSA) is 72.4 Å². The third-order valence-electron chi connectivity index (χ3n) is 5.38. The van der Waals surface area contributed by atoms with E-state index in [1.54, 1.807) is 0 Å². The van der Waals surface area contributed by atoms with Gasteiger partial charge in [-0.3, -0.25) is 4.79 Å². The molecule has 0 aromatic heterocycles. The van der Waals surface area contributed by atoms with E-state index in [0.29, 0.717) is 6.07 Å². The van der Waals surface area contributed by atoms with Gasteiger partial charge in [0, 0.05) is 22.5 Å². The van der Waals surface area contributed by atoms with Crippen LogP contribution in [0.3, 0.4) is 0 Å². The summed E-state index contributed by atoms with van der Waals surface area (Å²) in [6.07, 6.45) is -6.30. The van der Waals surface area contributed by atoms with Crippen LogP contribution in [0.1, 0.15) is 61.1 Å². The van der Waals surface area contributed by atoms with E-state index >= 15 is 8.78 Å². The lowest BCUT2D eigenvalue weighted by molar-refractivity contribution is -0.140. The van der Waals surface area contributed by atoms with Gasteiger partial charge in [0.15, 0.2) is 0 Å². The Kier molecular flexibility index (Phi) is 8.06. The number of carbonyl (C=O) groups is 1. The maximum atomic E-state index is 15.8. The predicted molar refractivity (Wildman–Crippen MR) is 117 cm³/mol. The summed E-state index contributed by atoms with van der Waals surface area (Å²) in [4.78, 5) is 11.4. The quantitative estimate of drug-likeness (QED) is 0.355. The van der Waals surface area contributed by atoms with Crippen LogP contribution in [0.15, 0.2) is 12.1 Å². The van der Waals surface area contributed by atoms with Crippen LogP contribution in [-0.2, 0) is 22.3 Å². The molecule has 0 aliphatic heterocycles. The highest BCUT2D eigenvalue weighted by molar-refractivity contribution is 7.90. The van der Waals surface area contributed by atoms with Crippen LogP contribution in [0.25, 0.3) is 11.1 Å². The maximum absolute atomic E-state index is 15.8. The van der Waals surface area contributed by atoms with Crippen molar-refractivity contribution in [3.05, 3.63) is 57.4 Å². The molecule has 0 unspecified atom stereocenters. The van der Waals surface area contributed by atoms with Crippen molar-refractivity contribution in [3.8, 4) is 11.1 Å². The molecule has 188 valence electrons. The monoisotopic (exact) mass is 509 g/mol. The SMILES string of the molecule is Cc1cc(F)c(C)c(C)c1-c1cc(C(F)(F)F)c(F)c([C@H](CC(=O)O)N[S@+]([O-])C(C)(C)C)c1F. The molecule has 4 nitrogen and oxygen atoms in total. The van der Waals surface area contributed by atoms with Crippen molar-refractivity contribution in [2.45, 2.75) is 64.9 Å². The summed E-state index contributed by atoms with van der Waals surface area (Å²) in [6.45, 7) is 8.59. The van der Waals surface area contributed by atoms with Gasteiger partial charge in [-0.2, -0.15) is 13.2 Å². The Morgan fingerprint density at radius 2 is 1.62 bits per heavy atom. The molecule has 0 aliphatic carbocycles. The Balaban J connectivity index is 2.95. The molecular formula is C23H25F6NO3S. The van der Waals surface area contributed by atoms with Crippen molar-refractivity contribution < 1.29 is 40.8 Å². The lowest BCUT2D eigenvalue weighted by atomic mass is 9.88. The average molecular weight is 510 g/mol. The van der Waals surface area contributed by atoms with E-state index in [4.69, 9.17) is 0 Å². The van der Waals surface area contributed by atoms with Crippen LogP contribution < -0.4 is 4.72 Å². The zero-order chi connectivity index (χ0) is 26.3. The van der Waals surface area contributed by atoms with Gasteiger partial charge in [-0.25, -0.2) is 13.2 Å². The number of benzene rings is 2. The number of carboxylic acid groups (broad SMARTS) is 1. The highest BCUT2D eigenvalue weighted by atomic mass is 32.2. The van der Waals surface area contributed by atoms with Crippen LogP contribution >= 0.6 is 0 Å². The Hall–Kier alpha value is -2.24. The smallest absolute Gasteiger partial charge is 0.419 e. The van der Waals surface area contributed by atoms with E-state index in [2.05, 4.69) is 4.72 Å². The van der Waals surface area contributed by atoms with E-state index in [1.807, 2.05) is 0 Å². The van der Waals surface area contributed by atoms with Crippen LogP contribution in [0.4, 0.5) is 26.3 Å². The molecular weight excluding hydrogens is 484 g/mol. The van der Waals surface area contributed by atoms with E-state index < -0.39 is 74.9 Å². The second-order valence-corrected chi connectivity index (χ2v) is 11.0. The fraction of sp³-hybridized carbons (Fsp3) is 0.435. The fourth-order valence-corrected chi connectivity index (χ4v) is 4.30. The first-order valence-corrected chi connectivity index (χ1v) is 11.3. The Labute approximate surface area is 196 Å². The van der Waals surface area contributed by atoms with Crippen LogP contribution in [0.2, 0.25) is 0 Å². The van der Waals surface area contributed by atoms with Crippen molar-refractivity contribution in [2.75, 3.05) is 0 Å². The van der Waals surface area contributed by atoms with Crippen molar-refractivity contribution in [1.29, 1.82) is 0 Å². The summed E-state index contributed by atoms with van der Waals surface area (Å²) in [5.41, 5.74) is -3.46. The highest BCUT2D eigenvalue weighted by Gasteiger charge is 2.41. The number of hydrogen-bond donors (Lipinski definition) is 2. The van der Waals surface area contributed by atoms with Gasteiger partial charge in [0.2, 0.25) is 0 Å². The Morgan fingerprint density at radius 1 is 1.06 bits per heavy atom. The molecule has 0 fully saturated rings. The lowest BCUT2D eigenvalue weighted by Gasteiger charge is -2.29. The number of nitrogens with one attached hydrogen (secondary N) is 1. The number of rotatable bonds is 6. The molecule has 0 bridgehead atoms. The zero-order valence-electron chi connectivity index (χ0n) is 19.4. The number of aryl methyl sites for hydroxylation is 1. The van der Waals surface area contributed by atoms with Gasteiger partial charge >= 0.3 is 12.1 Å². The van der Waals surface area contributed by atoms with Crippen LogP contribution in [0.5, 0.6) is 0 Å². The molecule has 2 aromatic rings. The largest absolute Gasteiger partial charge is 0.598 e. The second kappa shape index (κ2) is 9.79. The second-order valence-electron chi connectivity index (χ2n) is 8.96. The molecule has 0 heterocycles. The van der Waals surface area contributed by atoms with Crippen molar-refractivity contribution in [2.24, 2.45) is 0 Å². The van der Waals surface area contributed by atoms with E-state index in [9.17, 15) is 32.0 Å². The minimum atomic E-state index is -5.25.